The smallest absolute Gasteiger partial charge is 0.273 e. The van der Waals surface area contributed by atoms with Gasteiger partial charge >= 0.3 is 0 Å². The van der Waals surface area contributed by atoms with Crippen molar-refractivity contribution in [3.63, 3.8) is 0 Å². The molecule has 2 N–H and O–H groups in total. The first-order valence-corrected chi connectivity index (χ1v) is 8.34. The Morgan fingerprint density at radius 2 is 2.00 bits per heavy atom. The van der Waals surface area contributed by atoms with E-state index in [4.69, 9.17) is 25.5 Å². The number of aryl methyl sites for hydroxylation is 1. The van der Waals surface area contributed by atoms with Gasteiger partial charge in [-0.3, -0.25) is 20.4 Å². The summed E-state index contributed by atoms with van der Waals surface area (Å²) in [5.74, 6) is 0.556. The van der Waals surface area contributed by atoms with Crippen LogP contribution in [0.5, 0.6) is 11.5 Å². The van der Waals surface area contributed by atoms with Crippen molar-refractivity contribution in [2.45, 2.75) is 13.3 Å². The van der Waals surface area contributed by atoms with Gasteiger partial charge in [-0.2, -0.15) is 0 Å². The van der Waals surface area contributed by atoms with E-state index >= 15 is 0 Å². The minimum atomic E-state index is -0.497. The number of benzene rings is 1. The lowest BCUT2D eigenvalue weighted by atomic mass is 10.2. The number of hydrazine groups is 1. The summed E-state index contributed by atoms with van der Waals surface area (Å²) in [5, 5.41) is 0.410. The Balaban J connectivity index is 1.61. The largest absolute Gasteiger partial charge is 0.489 e. The number of hydrogen-bond donors (Lipinski definition) is 2. The Morgan fingerprint density at radius 3 is 2.77 bits per heavy atom. The van der Waals surface area contributed by atoms with Crippen LogP contribution in [0.15, 0.2) is 35.0 Å². The molecular weight excluding hydrogens is 360 g/mol. The van der Waals surface area contributed by atoms with Gasteiger partial charge in [-0.1, -0.05) is 11.6 Å². The number of amides is 2. The number of hydrogen-bond acceptors (Lipinski definition) is 5. The Morgan fingerprint density at radius 1 is 1.19 bits per heavy atom. The van der Waals surface area contributed by atoms with Crippen LogP contribution in [0.2, 0.25) is 5.02 Å². The Bertz CT molecular complexity index is 859. The molecule has 0 aliphatic carbocycles. The molecule has 2 amide bonds. The summed E-state index contributed by atoms with van der Waals surface area (Å²) in [6.07, 6.45) is 5.01. The molecule has 1 aliphatic heterocycles. The minimum absolute atomic E-state index is 0.351. The third-order valence-electron chi connectivity index (χ3n) is 3.65. The van der Waals surface area contributed by atoms with E-state index in [1.165, 1.54) is 18.4 Å². The van der Waals surface area contributed by atoms with E-state index < -0.39 is 11.8 Å². The lowest BCUT2D eigenvalue weighted by Crippen LogP contribution is -2.40. The van der Waals surface area contributed by atoms with Gasteiger partial charge in [0.2, 0.25) is 0 Å². The maximum atomic E-state index is 11.9. The first kappa shape index (κ1) is 17.9. The second kappa shape index (κ2) is 7.97. The molecule has 2 aromatic rings. The molecule has 2 heterocycles. The lowest BCUT2D eigenvalue weighted by molar-refractivity contribution is -0.117. The normalized spacial score (nSPS) is 13.3. The molecule has 1 aliphatic rings. The van der Waals surface area contributed by atoms with Crippen molar-refractivity contribution in [3.8, 4) is 11.5 Å². The molecule has 3 rings (SSSR count). The summed E-state index contributed by atoms with van der Waals surface area (Å²) < 4.78 is 16.2. The fourth-order valence-electron chi connectivity index (χ4n) is 2.37. The number of rotatable bonds is 3. The van der Waals surface area contributed by atoms with Crippen LogP contribution in [0.4, 0.5) is 0 Å². The van der Waals surface area contributed by atoms with Gasteiger partial charge in [0, 0.05) is 12.5 Å². The van der Waals surface area contributed by atoms with Crippen molar-refractivity contribution >= 4 is 29.5 Å². The van der Waals surface area contributed by atoms with Crippen LogP contribution in [0.25, 0.3) is 6.08 Å². The summed E-state index contributed by atoms with van der Waals surface area (Å²) in [6.45, 7) is 2.74. The van der Waals surface area contributed by atoms with Crippen LogP contribution < -0.4 is 20.3 Å². The standard InChI is InChI=1S/C18H17ClN2O5/c1-11-13(5-8-24-11)18(23)21-20-16(22)4-3-12-9-14(19)17-15(10-12)25-6-2-7-26-17/h3-5,8-10H,2,6-7H2,1H3,(H,20,22)(H,21,23)/b4-3+. The van der Waals surface area contributed by atoms with E-state index in [1.54, 1.807) is 25.1 Å². The highest BCUT2D eigenvalue weighted by Crippen LogP contribution is 2.38. The number of halogens is 1. The topological polar surface area (TPSA) is 89.8 Å². The third-order valence-corrected chi connectivity index (χ3v) is 3.94. The number of ether oxygens (including phenoxy) is 2. The van der Waals surface area contributed by atoms with Crippen molar-refractivity contribution in [1.29, 1.82) is 0 Å². The molecule has 0 saturated carbocycles. The molecule has 136 valence electrons. The molecule has 0 saturated heterocycles. The quantitative estimate of drug-likeness (QED) is 0.635. The Hall–Kier alpha value is -2.93. The van der Waals surface area contributed by atoms with E-state index in [-0.39, 0.29) is 0 Å². The first-order valence-electron chi connectivity index (χ1n) is 7.96. The fourth-order valence-corrected chi connectivity index (χ4v) is 2.64. The molecule has 7 nitrogen and oxygen atoms in total. The Kier molecular flexibility index (Phi) is 5.48. The molecular formula is C18H17ClN2O5. The van der Waals surface area contributed by atoms with Gasteiger partial charge in [0.05, 0.1) is 30.1 Å². The lowest BCUT2D eigenvalue weighted by Gasteiger charge is -2.10. The summed E-state index contributed by atoms with van der Waals surface area (Å²) in [5.41, 5.74) is 5.63. The molecule has 1 aromatic carbocycles. The molecule has 0 bridgehead atoms. The second-order valence-corrected chi connectivity index (χ2v) is 5.95. The van der Waals surface area contributed by atoms with E-state index in [9.17, 15) is 9.59 Å². The average Bonchev–Trinajstić information content (AvgIpc) is 2.90. The van der Waals surface area contributed by atoms with Gasteiger partial charge < -0.3 is 13.9 Å². The number of nitrogens with one attached hydrogen (secondary N) is 2. The van der Waals surface area contributed by atoms with Crippen LogP contribution in [-0.2, 0) is 4.79 Å². The van der Waals surface area contributed by atoms with Crippen LogP contribution in [-0.4, -0.2) is 25.0 Å². The van der Waals surface area contributed by atoms with Crippen molar-refractivity contribution < 1.29 is 23.5 Å². The zero-order chi connectivity index (χ0) is 18.5. The van der Waals surface area contributed by atoms with Crippen molar-refractivity contribution in [1.82, 2.24) is 10.9 Å². The predicted molar refractivity (Wildman–Crippen MR) is 95.1 cm³/mol. The van der Waals surface area contributed by atoms with Gasteiger partial charge in [0.25, 0.3) is 11.8 Å². The number of furan rings is 1. The highest BCUT2D eigenvalue weighted by Gasteiger charge is 2.15. The predicted octanol–water partition coefficient (Wildman–Crippen LogP) is 2.88. The van der Waals surface area contributed by atoms with Gasteiger partial charge in [-0.15, -0.1) is 0 Å². The summed E-state index contributed by atoms with van der Waals surface area (Å²) in [7, 11) is 0. The fraction of sp³-hybridized carbons (Fsp3) is 0.222. The molecule has 0 radical (unpaired) electrons. The Labute approximate surface area is 154 Å². The van der Waals surface area contributed by atoms with Crippen LogP contribution in [0, 0.1) is 6.92 Å². The van der Waals surface area contributed by atoms with Crippen LogP contribution in [0.3, 0.4) is 0 Å². The molecule has 0 spiro atoms. The van der Waals surface area contributed by atoms with Gasteiger partial charge in [-0.05, 0) is 36.8 Å². The molecule has 8 heteroatoms. The van der Waals surface area contributed by atoms with Gasteiger partial charge in [0.15, 0.2) is 11.5 Å². The minimum Gasteiger partial charge on any atom is -0.489 e. The molecule has 0 unspecified atom stereocenters. The summed E-state index contributed by atoms with van der Waals surface area (Å²) in [4.78, 5) is 23.8. The molecule has 0 fully saturated rings. The zero-order valence-electron chi connectivity index (χ0n) is 14.0. The van der Waals surface area contributed by atoms with Crippen molar-refractivity contribution in [2.24, 2.45) is 0 Å². The SMILES string of the molecule is Cc1occc1C(=O)NNC(=O)/C=C/c1cc(Cl)c2c(c1)OCCCO2. The molecule has 1 aromatic heterocycles. The monoisotopic (exact) mass is 376 g/mol. The van der Waals surface area contributed by atoms with Gasteiger partial charge in [0.1, 0.15) is 5.76 Å². The maximum absolute atomic E-state index is 11.9. The van der Waals surface area contributed by atoms with Crippen LogP contribution in [0.1, 0.15) is 28.1 Å². The average molecular weight is 377 g/mol. The van der Waals surface area contributed by atoms with Crippen molar-refractivity contribution in [2.75, 3.05) is 13.2 Å². The van der Waals surface area contributed by atoms with E-state index in [1.807, 2.05) is 0 Å². The highest BCUT2D eigenvalue weighted by atomic mass is 35.5. The summed E-state index contributed by atoms with van der Waals surface area (Å²) >= 11 is 6.20. The molecule has 26 heavy (non-hydrogen) atoms. The summed E-state index contributed by atoms with van der Waals surface area (Å²) in [6, 6.07) is 4.93. The van der Waals surface area contributed by atoms with Crippen LogP contribution >= 0.6 is 11.6 Å². The van der Waals surface area contributed by atoms with Crippen molar-refractivity contribution in [3.05, 3.63) is 52.4 Å². The third kappa shape index (κ3) is 4.18. The number of carbonyl (C=O) groups excluding carboxylic acids is 2. The second-order valence-electron chi connectivity index (χ2n) is 5.55. The van der Waals surface area contributed by atoms with Gasteiger partial charge in [-0.25, -0.2) is 0 Å². The maximum Gasteiger partial charge on any atom is 0.273 e. The molecule has 0 atom stereocenters. The zero-order valence-corrected chi connectivity index (χ0v) is 14.8. The van der Waals surface area contributed by atoms with E-state index in [2.05, 4.69) is 10.9 Å². The first-order chi connectivity index (χ1) is 12.5. The number of fused-ring (bicyclic) bond motifs is 1. The highest BCUT2D eigenvalue weighted by molar-refractivity contribution is 6.32. The number of carbonyl (C=O) groups is 2. The van der Waals surface area contributed by atoms with E-state index in [0.717, 1.165) is 6.42 Å². The van der Waals surface area contributed by atoms with E-state index in [0.29, 0.717) is 46.6 Å².